The van der Waals surface area contributed by atoms with Crippen molar-refractivity contribution in [3.8, 4) is 0 Å². The van der Waals surface area contributed by atoms with E-state index >= 15 is 0 Å². The summed E-state index contributed by atoms with van der Waals surface area (Å²) in [6.45, 7) is 4.30. The maximum atomic E-state index is 12.4. The van der Waals surface area contributed by atoms with E-state index in [1.54, 1.807) is 6.07 Å². The maximum Gasteiger partial charge on any atom is 0.240 e. The molecule has 1 aromatic rings. The van der Waals surface area contributed by atoms with Crippen LogP contribution in [0.4, 0.5) is 0 Å². The van der Waals surface area contributed by atoms with E-state index in [9.17, 15) is 9.59 Å². The van der Waals surface area contributed by atoms with Gasteiger partial charge >= 0.3 is 0 Å². The van der Waals surface area contributed by atoms with Crippen molar-refractivity contribution < 1.29 is 9.59 Å². The molecule has 1 unspecified atom stereocenters. The number of rotatable bonds is 1. The van der Waals surface area contributed by atoms with Crippen LogP contribution >= 0.6 is 11.8 Å². The van der Waals surface area contributed by atoms with Crippen molar-refractivity contribution in [1.29, 1.82) is 0 Å². The highest BCUT2D eigenvalue weighted by atomic mass is 32.2. The van der Waals surface area contributed by atoms with Gasteiger partial charge in [-0.05, 0) is 28.4 Å². The molecule has 0 bridgehead atoms. The van der Waals surface area contributed by atoms with Gasteiger partial charge in [-0.1, -0.05) is 55.4 Å². The van der Waals surface area contributed by atoms with Gasteiger partial charge in [-0.2, -0.15) is 0 Å². The van der Waals surface area contributed by atoms with E-state index < -0.39 is 0 Å². The number of carbonyl (C=O) groups excluding carboxylic acids is 2. The van der Waals surface area contributed by atoms with Crippen LogP contribution in [0, 0.1) is 11.8 Å². The zero-order chi connectivity index (χ0) is 14.0. The van der Waals surface area contributed by atoms with Crippen molar-refractivity contribution in [3.63, 3.8) is 0 Å². The number of benzene rings is 1. The number of ketones is 2. The highest BCUT2D eigenvalue weighted by Gasteiger charge is 2.47. The summed E-state index contributed by atoms with van der Waals surface area (Å²) < 4.78 is 0. The quantitative estimate of drug-likeness (QED) is 0.734. The summed E-state index contributed by atoms with van der Waals surface area (Å²) in [5, 5.41) is 0. The van der Waals surface area contributed by atoms with Crippen LogP contribution in [0.2, 0.25) is 0 Å². The maximum absolute atomic E-state index is 12.4. The standard InChI is InChI=1S/C17H14O2S/c1-8(2)16-12-7-11(12)13-9-5-3-4-6-10(9)14(18)15(19)17(13)20-16/h3-6,8,11H,7H2,1-2H3. The summed E-state index contributed by atoms with van der Waals surface area (Å²) in [7, 11) is 0. The largest absolute Gasteiger partial charge is 0.285 e. The first-order chi connectivity index (χ1) is 9.59. The summed E-state index contributed by atoms with van der Waals surface area (Å²) in [6, 6.07) is 7.52. The number of fused-ring (bicyclic) bond motifs is 4. The van der Waals surface area contributed by atoms with E-state index in [0.717, 1.165) is 17.6 Å². The van der Waals surface area contributed by atoms with Crippen LogP contribution < -0.4 is 0 Å². The number of carbonyl (C=O) groups is 2. The zero-order valence-corrected chi connectivity index (χ0v) is 12.2. The molecule has 3 heteroatoms. The van der Waals surface area contributed by atoms with Crippen LogP contribution in [0.1, 0.15) is 36.2 Å². The smallest absolute Gasteiger partial charge is 0.240 e. The Kier molecular flexibility index (Phi) is 2.40. The number of allylic oxidation sites excluding steroid dienone is 4. The first-order valence-electron chi connectivity index (χ1n) is 6.93. The molecule has 1 atom stereocenters. The van der Waals surface area contributed by atoms with Crippen molar-refractivity contribution in [2.24, 2.45) is 11.8 Å². The van der Waals surface area contributed by atoms with Crippen LogP contribution in [0.5, 0.6) is 0 Å². The van der Waals surface area contributed by atoms with Gasteiger partial charge in [0.2, 0.25) is 11.6 Å². The molecule has 3 aliphatic rings. The van der Waals surface area contributed by atoms with E-state index in [-0.39, 0.29) is 11.6 Å². The predicted octanol–water partition coefficient (Wildman–Crippen LogP) is 3.84. The fourth-order valence-corrected chi connectivity index (χ4v) is 4.57. The van der Waals surface area contributed by atoms with Gasteiger partial charge in [0.1, 0.15) is 0 Å². The molecular formula is C17H14O2S. The third-order valence-electron chi connectivity index (χ3n) is 4.20. The van der Waals surface area contributed by atoms with Gasteiger partial charge in [0, 0.05) is 11.5 Å². The van der Waals surface area contributed by atoms with Crippen LogP contribution in [0.15, 0.2) is 39.6 Å². The van der Waals surface area contributed by atoms with Crippen molar-refractivity contribution >= 4 is 28.9 Å². The Balaban J connectivity index is 1.92. The van der Waals surface area contributed by atoms with E-state index in [1.165, 1.54) is 22.2 Å². The summed E-state index contributed by atoms with van der Waals surface area (Å²) in [5.74, 6) is 0.142. The van der Waals surface area contributed by atoms with Crippen molar-refractivity contribution in [1.82, 2.24) is 0 Å². The molecule has 4 rings (SSSR count). The molecule has 100 valence electrons. The SMILES string of the molecule is CC(C)C1=C2CC2C2=C(S1)C(=O)C(=O)c1ccccc12. The summed E-state index contributed by atoms with van der Waals surface area (Å²) in [6.07, 6.45) is 1.05. The van der Waals surface area contributed by atoms with Crippen molar-refractivity contribution in [2.45, 2.75) is 20.3 Å². The lowest BCUT2D eigenvalue weighted by Crippen LogP contribution is -2.24. The van der Waals surface area contributed by atoms with Crippen LogP contribution in [0.3, 0.4) is 0 Å². The van der Waals surface area contributed by atoms with Gasteiger partial charge in [-0.3, -0.25) is 9.59 Å². The van der Waals surface area contributed by atoms with Crippen molar-refractivity contribution in [2.75, 3.05) is 0 Å². The summed E-state index contributed by atoms with van der Waals surface area (Å²) >= 11 is 1.54. The molecule has 1 aliphatic heterocycles. The highest BCUT2D eigenvalue weighted by molar-refractivity contribution is 8.08. The average molecular weight is 282 g/mol. The molecule has 2 nitrogen and oxygen atoms in total. The zero-order valence-electron chi connectivity index (χ0n) is 11.4. The second kappa shape index (κ2) is 3.95. The molecular weight excluding hydrogens is 268 g/mol. The Labute approximate surface area is 121 Å². The lowest BCUT2D eigenvalue weighted by atomic mass is 9.86. The Hall–Kier alpha value is -1.61. The molecule has 20 heavy (non-hydrogen) atoms. The Morgan fingerprint density at radius 3 is 2.50 bits per heavy atom. The third kappa shape index (κ3) is 1.47. The third-order valence-corrected chi connectivity index (χ3v) is 5.77. The number of Topliss-reactive ketones (excluding diaryl/α,β-unsaturated/α-hetero) is 2. The Morgan fingerprint density at radius 1 is 1.10 bits per heavy atom. The Bertz CT molecular complexity index is 737. The van der Waals surface area contributed by atoms with Crippen LogP contribution in [-0.2, 0) is 4.79 Å². The molecule has 0 saturated heterocycles. The first-order valence-corrected chi connectivity index (χ1v) is 7.74. The summed E-state index contributed by atoms with van der Waals surface area (Å²) in [5.41, 5.74) is 4.13. The van der Waals surface area contributed by atoms with Gasteiger partial charge in [-0.25, -0.2) is 0 Å². The van der Waals surface area contributed by atoms with Crippen LogP contribution in [-0.4, -0.2) is 11.6 Å². The Morgan fingerprint density at radius 2 is 1.80 bits per heavy atom. The lowest BCUT2D eigenvalue weighted by Gasteiger charge is -2.25. The highest BCUT2D eigenvalue weighted by Crippen LogP contribution is 2.61. The lowest BCUT2D eigenvalue weighted by molar-refractivity contribution is -0.111. The van der Waals surface area contributed by atoms with E-state index in [1.807, 2.05) is 18.2 Å². The van der Waals surface area contributed by atoms with Gasteiger partial charge in [0.15, 0.2) is 0 Å². The molecule has 1 fully saturated rings. The molecule has 0 spiro atoms. The minimum Gasteiger partial charge on any atom is -0.285 e. The van der Waals surface area contributed by atoms with Gasteiger partial charge in [0.05, 0.1) is 4.91 Å². The van der Waals surface area contributed by atoms with E-state index in [4.69, 9.17) is 0 Å². The first kappa shape index (κ1) is 12.2. The van der Waals surface area contributed by atoms with Gasteiger partial charge < -0.3 is 0 Å². The molecule has 0 amide bonds. The molecule has 2 aliphatic carbocycles. The molecule has 1 saturated carbocycles. The van der Waals surface area contributed by atoms with E-state index in [2.05, 4.69) is 13.8 Å². The monoisotopic (exact) mass is 282 g/mol. The average Bonchev–Trinajstić information content (AvgIpc) is 3.23. The fraction of sp³-hybridized carbons (Fsp3) is 0.294. The normalized spacial score (nSPS) is 23.9. The number of hydrogen-bond acceptors (Lipinski definition) is 3. The van der Waals surface area contributed by atoms with Gasteiger partial charge in [-0.15, -0.1) is 0 Å². The second-order valence-electron chi connectivity index (χ2n) is 5.85. The fourth-order valence-electron chi connectivity index (χ4n) is 3.21. The van der Waals surface area contributed by atoms with Crippen LogP contribution in [0.25, 0.3) is 5.57 Å². The minimum absolute atomic E-state index is 0.312. The molecule has 1 heterocycles. The molecule has 1 aromatic carbocycles. The summed E-state index contributed by atoms with van der Waals surface area (Å²) in [4.78, 5) is 26.6. The second-order valence-corrected chi connectivity index (χ2v) is 6.90. The number of thioether (sulfide) groups is 1. The minimum atomic E-state index is -0.348. The van der Waals surface area contributed by atoms with E-state index in [0.29, 0.717) is 22.3 Å². The van der Waals surface area contributed by atoms with Gasteiger partial charge in [0.25, 0.3) is 0 Å². The predicted molar refractivity (Wildman–Crippen MR) is 80.3 cm³/mol. The topological polar surface area (TPSA) is 34.1 Å². The molecule has 0 radical (unpaired) electrons. The number of hydrogen-bond donors (Lipinski definition) is 0. The molecule has 0 N–H and O–H groups in total. The molecule has 0 aromatic heterocycles. The van der Waals surface area contributed by atoms with Crippen molar-refractivity contribution in [3.05, 3.63) is 50.8 Å².